The van der Waals surface area contributed by atoms with Crippen molar-refractivity contribution < 1.29 is 0 Å². The molecule has 0 spiro atoms. The maximum atomic E-state index is 3.57. The van der Waals surface area contributed by atoms with E-state index in [4.69, 9.17) is 0 Å². The molecule has 1 unspecified atom stereocenters. The van der Waals surface area contributed by atoms with Gasteiger partial charge >= 0.3 is 0 Å². The molecule has 1 fully saturated rings. The molecule has 1 nitrogen and oxygen atoms in total. The van der Waals surface area contributed by atoms with Gasteiger partial charge in [-0.15, -0.1) is 11.3 Å². The first kappa shape index (κ1) is 12.0. The molecule has 1 aromatic heterocycles. The molecule has 0 amide bonds. The number of halogens is 1. The Bertz CT molecular complexity index is 318. The second kappa shape index (κ2) is 5.21. The van der Waals surface area contributed by atoms with Crippen molar-refractivity contribution >= 4 is 39.0 Å². The molecule has 1 atom stereocenters. The van der Waals surface area contributed by atoms with Crippen LogP contribution in [0.5, 0.6) is 0 Å². The lowest BCUT2D eigenvalue weighted by atomic mass is 10.1. The molecule has 0 aromatic carbocycles. The summed E-state index contributed by atoms with van der Waals surface area (Å²) in [4.78, 5) is 1.40. The van der Waals surface area contributed by atoms with Crippen molar-refractivity contribution in [3.8, 4) is 0 Å². The van der Waals surface area contributed by atoms with E-state index < -0.39 is 0 Å². The van der Waals surface area contributed by atoms with Gasteiger partial charge in [0, 0.05) is 27.2 Å². The van der Waals surface area contributed by atoms with Crippen molar-refractivity contribution in [2.75, 3.05) is 12.3 Å². The predicted octanol–water partition coefficient (Wildman–Crippen LogP) is 3.89. The number of nitrogens with one attached hydrogen (secondary N) is 1. The van der Waals surface area contributed by atoms with E-state index in [1.165, 1.54) is 27.9 Å². The number of thioether (sulfide) groups is 1. The normalized spacial score (nSPS) is 26.0. The molecule has 1 aliphatic rings. The van der Waals surface area contributed by atoms with Gasteiger partial charge in [-0.3, -0.25) is 0 Å². The van der Waals surface area contributed by atoms with E-state index in [9.17, 15) is 0 Å². The molecule has 0 saturated carbocycles. The van der Waals surface area contributed by atoms with Crippen LogP contribution >= 0.6 is 39.0 Å². The van der Waals surface area contributed by atoms with Crippen molar-refractivity contribution in [3.05, 3.63) is 20.8 Å². The first-order valence-electron chi connectivity index (χ1n) is 5.26. The molecular formula is C11H16BrNS2. The Morgan fingerprint density at radius 1 is 1.60 bits per heavy atom. The standard InChI is InChI=1S/C11H16BrNS2/c1-11(4-2-5-15-11)8-13-7-10-9(12)3-6-14-10/h3,6,13H,2,4-5,7-8H2,1H3. The van der Waals surface area contributed by atoms with E-state index in [-0.39, 0.29) is 0 Å². The molecule has 15 heavy (non-hydrogen) atoms. The summed E-state index contributed by atoms with van der Waals surface area (Å²) in [5, 5.41) is 5.70. The smallest absolute Gasteiger partial charge is 0.0327 e. The van der Waals surface area contributed by atoms with E-state index in [0.717, 1.165) is 13.1 Å². The summed E-state index contributed by atoms with van der Waals surface area (Å²) >= 11 is 7.49. The number of thiophene rings is 1. The van der Waals surface area contributed by atoms with E-state index >= 15 is 0 Å². The van der Waals surface area contributed by atoms with Gasteiger partial charge in [-0.25, -0.2) is 0 Å². The summed E-state index contributed by atoms with van der Waals surface area (Å²) in [5.74, 6) is 1.33. The molecule has 1 aromatic rings. The number of hydrogen-bond donors (Lipinski definition) is 1. The Balaban J connectivity index is 1.77. The zero-order valence-electron chi connectivity index (χ0n) is 8.88. The highest BCUT2D eigenvalue weighted by Crippen LogP contribution is 2.37. The average Bonchev–Trinajstić information content (AvgIpc) is 2.78. The maximum absolute atomic E-state index is 3.57. The fourth-order valence-corrected chi connectivity index (χ4v) is 4.60. The Morgan fingerprint density at radius 2 is 2.47 bits per heavy atom. The van der Waals surface area contributed by atoms with Gasteiger partial charge in [0.05, 0.1) is 0 Å². The summed E-state index contributed by atoms with van der Waals surface area (Å²) in [7, 11) is 0. The molecule has 4 heteroatoms. The lowest BCUT2D eigenvalue weighted by Gasteiger charge is -2.22. The minimum atomic E-state index is 0.476. The fraction of sp³-hybridized carbons (Fsp3) is 0.636. The zero-order valence-corrected chi connectivity index (χ0v) is 12.1. The summed E-state index contributed by atoms with van der Waals surface area (Å²) in [6, 6.07) is 2.12. The topological polar surface area (TPSA) is 12.0 Å². The van der Waals surface area contributed by atoms with Crippen LogP contribution in [0.3, 0.4) is 0 Å². The van der Waals surface area contributed by atoms with Crippen LogP contribution in [0.1, 0.15) is 24.6 Å². The Labute approximate surface area is 108 Å². The summed E-state index contributed by atoms with van der Waals surface area (Å²) < 4.78 is 1.72. The van der Waals surface area contributed by atoms with Gasteiger partial charge in [0.25, 0.3) is 0 Å². The third kappa shape index (κ3) is 3.22. The minimum Gasteiger partial charge on any atom is -0.310 e. The van der Waals surface area contributed by atoms with E-state index in [1.807, 2.05) is 11.3 Å². The van der Waals surface area contributed by atoms with Crippen molar-refractivity contribution in [2.24, 2.45) is 0 Å². The van der Waals surface area contributed by atoms with Crippen molar-refractivity contribution in [1.82, 2.24) is 5.32 Å². The molecule has 2 rings (SSSR count). The number of rotatable bonds is 4. The Morgan fingerprint density at radius 3 is 3.07 bits per heavy atom. The first-order chi connectivity index (χ1) is 7.20. The van der Waals surface area contributed by atoms with Crippen molar-refractivity contribution in [1.29, 1.82) is 0 Å². The van der Waals surface area contributed by atoms with Crippen molar-refractivity contribution in [2.45, 2.75) is 31.1 Å². The quantitative estimate of drug-likeness (QED) is 0.906. The lowest BCUT2D eigenvalue weighted by molar-refractivity contribution is 0.538. The third-order valence-electron chi connectivity index (χ3n) is 2.78. The Hall–Kier alpha value is 0.490. The zero-order chi connectivity index (χ0) is 10.7. The lowest BCUT2D eigenvalue weighted by Crippen LogP contribution is -2.32. The highest BCUT2D eigenvalue weighted by Gasteiger charge is 2.28. The SMILES string of the molecule is CC1(CNCc2sccc2Br)CCCS1. The summed E-state index contributed by atoms with van der Waals surface area (Å²) in [5.41, 5.74) is 0. The van der Waals surface area contributed by atoms with Gasteiger partial charge in [-0.05, 0) is 52.9 Å². The van der Waals surface area contributed by atoms with Crippen LogP contribution in [0.4, 0.5) is 0 Å². The van der Waals surface area contributed by atoms with Crippen LogP contribution in [0.2, 0.25) is 0 Å². The van der Waals surface area contributed by atoms with Gasteiger partial charge in [0.1, 0.15) is 0 Å². The molecule has 0 aliphatic carbocycles. The maximum Gasteiger partial charge on any atom is 0.0327 e. The molecule has 1 N–H and O–H groups in total. The average molecular weight is 306 g/mol. The molecule has 2 heterocycles. The van der Waals surface area contributed by atoms with Crippen LogP contribution in [0, 0.1) is 0 Å². The highest BCUT2D eigenvalue weighted by atomic mass is 79.9. The van der Waals surface area contributed by atoms with Gasteiger partial charge in [0.2, 0.25) is 0 Å². The van der Waals surface area contributed by atoms with Gasteiger partial charge < -0.3 is 5.32 Å². The van der Waals surface area contributed by atoms with Gasteiger partial charge in [0.15, 0.2) is 0 Å². The van der Waals surface area contributed by atoms with Crippen molar-refractivity contribution in [3.63, 3.8) is 0 Å². The van der Waals surface area contributed by atoms with E-state index in [0.29, 0.717) is 4.75 Å². The van der Waals surface area contributed by atoms with Crippen LogP contribution in [-0.4, -0.2) is 17.0 Å². The van der Waals surface area contributed by atoms with Gasteiger partial charge in [-0.2, -0.15) is 11.8 Å². The second-order valence-electron chi connectivity index (χ2n) is 4.20. The van der Waals surface area contributed by atoms with Crippen LogP contribution in [0.25, 0.3) is 0 Å². The molecular weight excluding hydrogens is 290 g/mol. The minimum absolute atomic E-state index is 0.476. The van der Waals surface area contributed by atoms with Crippen LogP contribution < -0.4 is 5.32 Å². The first-order valence-corrected chi connectivity index (χ1v) is 7.92. The molecule has 1 aliphatic heterocycles. The molecule has 0 bridgehead atoms. The fourth-order valence-electron chi connectivity index (χ4n) is 1.87. The van der Waals surface area contributed by atoms with Crippen LogP contribution in [-0.2, 0) is 6.54 Å². The second-order valence-corrected chi connectivity index (χ2v) is 7.73. The summed E-state index contributed by atoms with van der Waals surface area (Å²) in [6.07, 6.45) is 2.74. The molecule has 84 valence electrons. The predicted molar refractivity (Wildman–Crippen MR) is 73.8 cm³/mol. The monoisotopic (exact) mass is 305 g/mol. The van der Waals surface area contributed by atoms with Gasteiger partial charge in [-0.1, -0.05) is 0 Å². The largest absolute Gasteiger partial charge is 0.310 e. The van der Waals surface area contributed by atoms with E-state index in [2.05, 4.69) is 51.4 Å². The van der Waals surface area contributed by atoms with Crippen LogP contribution in [0.15, 0.2) is 15.9 Å². The van der Waals surface area contributed by atoms with E-state index in [1.54, 1.807) is 0 Å². The Kier molecular flexibility index (Phi) is 4.16. The molecule has 1 saturated heterocycles. The summed E-state index contributed by atoms with van der Waals surface area (Å²) in [6.45, 7) is 4.50. The molecule has 0 radical (unpaired) electrons. The number of hydrogen-bond acceptors (Lipinski definition) is 3. The third-order valence-corrected chi connectivity index (χ3v) is 6.24. The highest BCUT2D eigenvalue weighted by molar-refractivity contribution is 9.10.